The number of hydrogen-bond acceptors (Lipinski definition) is 2. The van der Waals surface area contributed by atoms with Crippen LogP contribution in [0.15, 0.2) is 24.3 Å². The molecule has 0 fully saturated rings. The van der Waals surface area contributed by atoms with E-state index in [0.29, 0.717) is 21.4 Å². The van der Waals surface area contributed by atoms with E-state index in [1.807, 2.05) is 24.3 Å². The first-order chi connectivity index (χ1) is 6.63. The van der Waals surface area contributed by atoms with Crippen LogP contribution in [0, 0.1) is 0 Å². The minimum atomic E-state index is 0.322. The Labute approximate surface area is 91.4 Å². The van der Waals surface area contributed by atoms with Gasteiger partial charge in [-0.1, -0.05) is 47.5 Å². The average Bonchev–Trinajstić information content (AvgIpc) is 2.23. The Morgan fingerprint density at radius 2 is 1.36 bits per heavy atom. The number of nitrogen functional groups attached to an aromatic ring is 2. The highest BCUT2D eigenvalue weighted by Crippen LogP contribution is 2.40. The van der Waals surface area contributed by atoms with Crippen LogP contribution in [0.2, 0.25) is 10.0 Å². The number of anilines is 2. The third-order valence-corrected chi connectivity index (χ3v) is 3.05. The zero-order valence-electron chi connectivity index (χ0n) is 7.22. The van der Waals surface area contributed by atoms with Gasteiger partial charge in [0.15, 0.2) is 0 Å². The third kappa shape index (κ3) is 1.19. The molecule has 14 heavy (non-hydrogen) atoms. The summed E-state index contributed by atoms with van der Waals surface area (Å²) in [7, 11) is 0. The molecule has 0 spiro atoms. The molecular formula is C10H8Cl2N2. The molecule has 0 bridgehead atoms. The topological polar surface area (TPSA) is 52.0 Å². The molecule has 2 aromatic carbocycles. The maximum atomic E-state index is 6.04. The Morgan fingerprint density at radius 3 is 2.00 bits per heavy atom. The summed E-state index contributed by atoms with van der Waals surface area (Å²) in [6.45, 7) is 0. The smallest absolute Gasteiger partial charge is 0.0849 e. The highest BCUT2D eigenvalue weighted by atomic mass is 35.5. The van der Waals surface area contributed by atoms with E-state index in [4.69, 9.17) is 34.7 Å². The predicted molar refractivity (Wildman–Crippen MR) is 62.8 cm³/mol. The zero-order valence-corrected chi connectivity index (χ0v) is 8.73. The Kier molecular flexibility index (Phi) is 2.17. The molecule has 0 saturated heterocycles. The van der Waals surface area contributed by atoms with Crippen molar-refractivity contribution in [2.45, 2.75) is 0 Å². The lowest BCUT2D eigenvalue weighted by Crippen LogP contribution is -1.97. The summed E-state index contributed by atoms with van der Waals surface area (Å²) in [6, 6.07) is 7.48. The largest absolute Gasteiger partial charge is 0.397 e. The van der Waals surface area contributed by atoms with E-state index in [2.05, 4.69) is 0 Å². The van der Waals surface area contributed by atoms with Gasteiger partial charge in [-0.2, -0.15) is 0 Å². The number of rotatable bonds is 0. The lowest BCUT2D eigenvalue weighted by molar-refractivity contribution is 1.70. The van der Waals surface area contributed by atoms with Crippen molar-refractivity contribution in [2.24, 2.45) is 0 Å². The quantitative estimate of drug-likeness (QED) is 0.678. The van der Waals surface area contributed by atoms with Crippen LogP contribution >= 0.6 is 23.2 Å². The second kappa shape index (κ2) is 3.23. The first kappa shape index (κ1) is 9.44. The number of nitrogens with two attached hydrogens (primary N) is 2. The third-order valence-electron chi connectivity index (χ3n) is 2.17. The molecule has 4 heteroatoms. The molecule has 0 aliphatic rings. The molecule has 0 atom stereocenters. The molecular weight excluding hydrogens is 219 g/mol. The normalized spacial score (nSPS) is 10.7. The van der Waals surface area contributed by atoms with Gasteiger partial charge in [-0.25, -0.2) is 0 Å². The molecule has 2 rings (SSSR count). The Bertz CT molecular complexity index is 462. The van der Waals surface area contributed by atoms with E-state index >= 15 is 0 Å². The summed E-state index contributed by atoms with van der Waals surface area (Å²) in [5.74, 6) is 0. The molecule has 0 aromatic heterocycles. The van der Waals surface area contributed by atoms with Gasteiger partial charge in [0.05, 0.1) is 21.4 Å². The van der Waals surface area contributed by atoms with Crippen molar-refractivity contribution >= 4 is 45.3 Å². The van der Waals surface area contributed by atoms with E-state index in [1.165, 1.54) is 0 Å². The van der Waals surface area contributed by atoms with Crippen molar-refractivity contribution in [3.8, 4) is 0 Å². The van der Waals surface area contributed by atoms with Crippen LogP contribution in [-0.4, -0.2) is 0 Å². The molecule has 0 aliphatic heterocycles. The highest BCUT2D eigenvalue weighted by Gasteiger charge is 2.11. The molecule has 0 heterocycles. The van der Waals surface area contributed by atoms with Crippen molar-refractivity contribution in [1.82, 2.24) is 0 Å². The van der Waals surface area contributed by atoms with Crippen LogP contribution in [0.3, 0.4) is 0 Å². The zero-order chi connectivity index (χ0) is 10.3. The van der Waals surface area contributed by atoms with Gasteiger partial charge in [0.1, 0.15) is 0 Å². The van der Waals surface area contributed by atoms with E-state index < -0.39 is 0 Å². The van der Waals surface area contributed by atoms with Crippen molar-refractivity contribution in [2.75, 3.05) is 11.5 Å². The van der Waals surface area contributed by atoms with Crippen molar-refractivity contribution < 1.29 is 0 Å². The van der Waals surface area contributed by atoms with Crippen LogP contribution in [-0.2, 0) is 0 Å². The molecule has 0 unspecified atom stereocenters. The summed E-state index contributed by atoms with van der Waals surface area (Å²) in [4.78, 5) is 0. The second-order valence-electron chi connectivity index (χ2n) is 3.00. The lowest BCUT2D eigenvalue weighted by atomic mass is 10.1. The number of hydrogen-bond donors (Lipinski definition) is 2. The SMILES string of the molecule is Nc1c(Cl)c(Cl)c2ccccc2c1N. The van der Waals surface area contributed by atoms with Gasteiger partial charge in [0.25, 0.3) is 0 Å². The minimum absolute atomic E-state index is 0.322. The fourth-order valence-electron chi connectivity index (χ4n) is 1.41. The molecule has 0 aliphatic carbocycles. The van der Waals surface area contributed by atoms with Gasteiger partial charge >= 0.3 is 0 Å². The van der Waals surface area contributed by atoms with Gasteiger partial charge < -0.3 is 11.5 Å². The van der Waals surface area contributed by atoms with Gasteiger partial charge in [-0.05, 0) is 0 Å². The summed E-state index contributed by atoms with van der Waals surface area (Å²) in [5, 5.41) is 2.43. The monoisotopic (exact) mass is 226 g/mol. The summed E-state index contributed by atoms with van der Waals surface area (Å²) in [5.41, 5.74) is 12.4. The Balaban J connectivity index is 3.02. The van der Waals surface area contributed by atoms with Crippen molar-refractivity contribution in [1.29, 1.82) is 0 Å². The number of benzene rings is 2. The van der Waals surface area contributed by atoms with Gasteiger partial charge in [-0.3, -0.25) is 0 Å². The number of fused-ring (bicyclic) bond motifs is 1. The van der Waals surface area contributed by atoms with E-state index in [9.17, 15) is 0 Å². The van der Waals surface area contributed by atoms with E-state index in [-0.39, 0.29) is 0 Å². The minimum Gasteiger partial charge on any atom is -0.397 e. The molecule has 0 saturated carbocycles. The summed E-state index contributed by atoms with van der Waals surface area (Å²) >= 11 is 12.0. The first-order valence-corrected chi connectivity index (χ1v) is 4.79. The van der Waals surface area contributed by atoms with E-state index in [1.54, 1.807) is 0 Å². The summed E-state index contributed by atoms with van der Waals surface area (Å²) in [6.07, 6.45) is 0. The fourth-order valence-corrected chi connectivity index (χ4v) is 1.88. The standard InChI is InChI=1S/C10H8Cl2N2/c11-7-5-3-1-2-4-6(5)9(13)10(14)8(7)12/h1-4H,13-14H2. The van der Waals surface area contributed by atoms with Crippen LogP contribution in [0.25, 0.3) is 10.8 Å². The average molecular weight is 227 g/mol. The molecule has 2 aromatic rings. The Morgan fingerprint density at radius 1 is 0.786 bits per heavy atom. The maximum absolute atomic E-state index is 6.04. The molecule has 72 valence electrons. The molecule has 0 radical (unpaired) electrons. The maximum Gasteiger partial charge on any atom is 0.0849 e. The second-order valence-corrected chi connectivity index (χ2v) is 3.76. The van der Waals surface area contributed by atoms with Crippen LogP contribution in [0.5, 0.6) is 0 Å². The first-order valence-electron chi connectivity index (χ1n) is 4.03. The van der Waals surface area contributed by atoms with Crippen molar-refractivity contribution in [3.63, 3.8) is 0 Å². The number of halogens is 2. The van der Waals surface area contributed by atoms with Gasteiger partial charge in [0.2, 0.25) is 0 Å². The van der Waals surface area contributed by atoms with Crippen LogP contribution in [0.4, 0.5) is 11.4 Å². The fraction of sp³-hybridized carbons (Fsp3) is 0. The molecule has 4 N–H and O–H groups in total. The van der Waals surface area contributed by atoms with Gasteiger partial charge in [0, 0.05) is 10.8 Å². The van der Waals surface area contributed by atoms with Crippen LogP contribution in [0.1, 0.15) is 0 Å². The Hall–Kier alpha value is -1.12. The van der Waals surface area contributed by atoms with Gasteiger partial charge in [-0.15, -0.1) is 0 Å². The summed E-state index contributed by atoms with van der Waals surface area (Å²) < 4.78 is 0. The van der Waals surface area contributed by atoms with E-state index in [0.717, 1.165) is 10.8 Å². The molecule has 0 amide bonds. The lowest BCUT2D eigenvalue weighted by Gasteiger charge is -2.09. The van der Waals surface area contributed by atoms with Crippen molar-refractivity contribution in [3.05, 3.63) is 34.3 Å². The molecule has 2 nitrogen and oxygen atoms in total. The highest BCUT2D eigenvalue weighted by molar-refractivity contribution is 6.47. The predicted octanol–water partition coefficient (Wildman–Crippen LogP) is 3.31. The van der Waals surface area contributed by atoms with Crippen LogP contribution < -0.4 is 11.5 Å².